The fraction of sp³-hybridized carbons (Fsp3) is 0.588. The number of hydrogen-bond acceptors (Lipinski definition) is 5. The number of nitrogens with two attached hydrogens (primary N) is 1. The smallest absolute Gasteiger partial charge is 0.339 e. The Morgan fingerprint density at radius 3 is 2.52 bits per heavy atom. The first-order chi connectivity index (χ1) is 11.4. The van der Waals surface area contributed by atoms with E-state index in [0.29, 0.717) is 0 Å². The third-order valence-corrected chi connectivity index (χ3v) is 6.16. The molecule has 142 valence electrons. The Bertz CT molecular complexity index is 688. The summed E-state index contributed by atoms with van der Waals surface area (Å²) in [6.07, 6.45) is 5.33. The molecule has 0 heterocycles. The van der Waals surface area contributed by atoms with Crippen LogP contribution in [0.25, 0.3) is 0 Å². The number of carbonyl (C=O) groups is 1. The maximum Gasteiger partial charge on any atom is 0.339 e. The van der Waals surface area contributed by atoms with Crippen LogP contribution >= 0.6 is 12.4 Å². The predicted octanol–water partition coefficient (Wildman–Crippen LogP) is 2.39. The van der Waals surface area contributed by atoms with E-state index in [-0.39, 0.29) is 41.4 Å². The average Bonchev–Trinajstić information content (AvgIpc) is 2.59. The quantitative estimate of drug-likeness (QED) is 0.726. The van der Waals surface area contributed by atoms with E-state index in [1.807, 2.05) is 0 Å². The van der Waals surface area contributed by atoms with Crippen molar-refractivity contribution in [3.8, 4) is 0 Å². The van der Waals surface area contributed by atoms with Crippen molar-refractivity contribution in [3.05, 3.63) is 29.3 Å². The summed E-state index contributed by atoms with van der Waals surface area (Å²) in [5.74, 6) is -0.424. The van der Waals surface area contributed by atoms with Crippen LogP contribution in [0, 0.1) is 12.8 Å². The summed E-state index contributed by atoms with van der Waals surface area (Å²) in [5, 5.41) is 0. The molecule has 0 aliphatic heterocycles. The van der Waals surface area contributed by atoms with Gasteiger partial charge in [0.05, 0.1) is 17.6 Å². The van der Waals surface area contributed by atoms with Crippen molar-refractivity contribution >= 4 is 28.4 Å². The van der Waals surface area contributed by atoms with Gasteiger partial charge in [-0.15, -0.1) is 12.4 Å². The zero-order valence-electron chi connectivity index (χ0n) is 14.7. The van der Waals surface area contributed by atoms with Gasteiger partial charge in [-0.05, 0) is 37.8 Å². The van der Waals surface area contributed by atoms with E-state index in [1.54, 1.807) is 13.0 Å². The molecule has 1 aromatic rings. The fourth-order valence-corrected chi connectivity index (χ4v) is 4.78. The van der Waals surface area contributed by atoms with Crippen molar-refractivity contribution < 1.29 is 17.9 Å². The maximum atomic E-state index is 12.8. The Morgan fingerprint density at radius 2 is 1.96 bits per heavy atom. The lowest BCUT2D eigenvalue weighted by molar-refractivity contribution is 0.0596. The van der Waals surface area contributed by atoms with Gasteiger partial charge in [-0.3, -0.25) is 0 Å². The minimum atomic E-state index is -3.85. The first-order valence-corrected chi connectivity index (χ1v) is 9.78. The van der Waals surface area contributed by atoms with Crippen molar-refractivity contribution in [1.82, 2.24) is 4.72 Å². The number of benzene rings is 1. The second-order valence-electron chi connectivity index (χ2n) is 6.35. The van der Waals surface area contributed by atoms with Gasteiger partial charge in [-0.2, -0.15) is 0 Å². The number of halogens is 1. The lowest BCUT2D eigenvalue weighted by Gasteiger charge is -2.30. The summed E-state index contributed by atoms with van der Waals surface area (Å²) in [6.45, 7) is 2.03. The van der Waals surface area contributed by atoms with Gasteiger partial charge in [0.2, 0.25) is 10.0 Å². The van der Waals surface area contributed by atoms with Crippen LogP contribution in [0.3, 0.4) is 0 Å². The molecule has 0 amide bonds. The van der Waals surface area contributed by atoms with Crippen molar-refractivity contribution in [1.29, 1.82) is 0 Å². The summed E-state index contributed by atoms with van der Waals surface area (Å²) in [7, 11) is -2.62. The molecule has 1 unspecified atom stereocenters. The van der Waals surface area contributed by atoms with E-state index >= 15 is 0 Å². The molecule has 6 nitrogen and oxygen atoms in total. The number of sulfonamides is 1. The van der Waals surface area contributed by atoms with E-state index in [1.165, 1.54) is 25.7 Å². The zero-order chi connectivity index (χ0) is 17.7. The molecule has 2 rings (SSSR count). The molecule has 1 fully saturated rings. The van der Waals surface area contributed by atoms with Crippen molar-refractivity contribution in [2.45, 2.75) is 50.0 Å². The molecule has 1 aliphatic carbocycles. The number of carbonyl (C=O) groups excluding carboxylic acids is 1. The summed E-state index contributed by atoms with van der Waals surface area (Å²) in [5.41, 5.74) is 6.65. The number of nitrogens with one attached hydrogen (secondary N) is 1. The van der Waals surface area contributed by atoms with Gasteiger partial charge in [0.15, 0.2) is 0 Å². The van der Waals surface area contributed by atoms with E-state index in [2.05, 4.69) is 4.72 Å². The van der Waals surface area contributed by atoms with Crippen LogP contribution < -0.4 is 10.5 Å². The van der Waals surface area contributed by atoms with Gasteiger partial charge in [-0.25, -0.2) is 17.9 Å². The molecule has 0 radical (unpaired) electrons. The highest BCUT2D eigenvalue weighted by atomic mass is 35.5. The van der Waals surface area contributed by atoms with Crippen molar-refractivity contribution in [2.24, 2.45) is 11.7 Å². The number of ether oxygens (including phenoxy) is 1. The van der Waals surface area contributed by atoms with Gasteiger partial charge in [0.1, 0.15) is 0 Å². The Morgan fingerprint density at radius 1 is 1.32 bits per heavy atom. The average molecular weight is 391 g/mol. The molecule has 3 N–H and O–H groups in total. The molecule has 1 saturated carbocycles. The van der Waals surface area contributed by atoms with Gasteiger partial charge in [0, 0.05) is 12.6 Å². The Kier molecular flexibility index (Phi) is 8.34. The molecule has 0 spiro atoms. The van der Waals surface area contributed by atoms with E-state index in [0.717, 1.165) is 31.2 Å². The molecular formula is C17H27ClN2O4S. The molecule has 25 heavy (non-hydrogen) atoms. The summed E-state index contributed by atoms with van der Waals surface area (Å²) < 4.78 is 33.1. The van der Waals surface area contributed by atoms with Crippen LogP contribution in [0.4, 0.5) is 0 Å². The van der Waals surface area contributed by atoms with Crippen LogP contribution in [0.1, 0.15) is 48.0 Å². The molecule has 0 saturated heterocycles. The SMILES string of the molecule is COC(=O)c1cc(C)ccc1S(=O)(=O)NC(CN)C1CCCCC1.Cl. The van der Waals surface area contributed by atoms with Crippen molar-refractivity contribution in [3.63, 3.8) is 0 Å². The third kappa shape index (κ3) is 5.41. The number of rotatable bonds is 6. The minimum absolute atomic E-state index is 0. The lowest BCUT2D eigenvalue weighted by atomic mass is 9.84. The molecule has 8 heteroatoms. The number of aryl methyl sites for hydroxylation is 1. The normalized spacial score (nSPS) is 16.8. The monoisotopic (exact) mass is 390 g/mol. The molecule has 1 aromatic carbocycles. The summed E-state index contributed by atoms with van der Waals surface area (Å²) in [4.78, 5) is 11.9. The van der Waals surface area contributed by atoms with Crippen LogP contribution in [-0.2, 0) is 14.8 Å². The first-order valence-electron chi connectivity index (χ1n) is 8.30. The summed E-state index contributed by atoms with van der Waals surface area (Å²) >= 11 is 0. The van der Waals surface area contributed by atoms with Crippen LogP contribution in [0.2, 0.25) is 0 Å². The largest absolute Gasteiger partial charge is 0.465 e. The van der Waals surface area contributed by atoms with Crippen LogP contribution in [0.5, 0.6) is 0 Å². The number of methoxy groups -OCH3 is 1. The molecule has 0 aromatic heterocycles. The highest BCUT2D eigenvalue weighted by molar-refractivity contribution is 7.89. The Hall–Kier alpha value is -1.15. The van der Waals surface area contributed by atoms with Crippen molar-refractivity contribution in [2.75, 3.05) is 13.7 Å². The predicted molar refractivity (Wildman–Crippen MR) is 99.5 cm³/mol. The maximum absolute atomic E-state index is 12.8. The second-order valence-corrected chi connectivity index (χ2v) is 8.04. The summed E-state index contributed by atoms with van der Waals surface area (Å²) in [6, 6.07) is 4.32. The Balaban J connectivity index is 0.00000312. The Labute approximate surface area is 156 Å². The highest BCUT2D eigenvalue weighted by Crippen LogP contribution is 2.27. The standard InChI is InChI=1S/C17H26N2O4S.ClH/c1-12-8-9-16(14(10-12)17(20)23-2)24(21,22)19-15(11-18)13-6-4-3-5-7-13;/h8-10,13,15,19H,3-7,11,18H2,1-2H3;1H. The third-order valence-electron chi connectivity index (χ3n) is 4.61. The number of hydrogen-bond donors (Lipinski definition) is 2. The molecule has 0 bridgehead atoms. The van der Waals surface area contributed by atoms with E-state index < -0.39 is 16.0 Å². The van der Waals surface area contributed by atoms with Gasteiger partial charge in [-0.1, -0.05) is 30.9 Å². The van der Waals surface area contributed by atoms with Gasteiger partial charge >= 0.3 is 5.97 Å². The molecule has 1 atom stereocenters. The number of esters is 1. The minimum Gasteiger partial charge on any atom is -0.465 e. The van der Waals surface area contributed by atoms with E-state index in [4.69, 9.17) is 10.5 Å². The first kappa shape index (κ1) is 21.9. The molecule has 1 aliphatic rings. The highest BCUT2D eigenvalue weighted by Gasteiger charge is 2.30. The second kappa shape index (κ2) is 9.52. The van der Waals surface area contributed by atoms with Crippen LogP contribution in [0.15, 0.2) is 23.1 Å². The van der Waals surface area contributed by atoms with E-state index in [9.17, 15) is 13.2 Å². The lowest BCUT2D eigenvalue weighted by Crippen LogP contribution is -2.46. The van der Waals surface area contributed by atoms with Gasteiger partial charge < -0.3 is 10.5 Å². The topological polar surface area (TPSA) is 98.5 Å². The van der Waals surface area contributed by atoms with Crippen LogP contribution in [-0.4, -0.2) is 34.1 Å². The van der Waals surface area contributed by atoms with Gasteiger partial charge in [0.25, 0.3) is 0 Å². The molecular weight excluding hydrogens is 364 g/mol. The fourth-order valence-electron chi connectivity index (χ4n) is 3.28. The zero-order valence-corrected chi connectivity index (χ0v) is 16.3.